The number of imidazole rings is 1. The fraction of sp³-hybridized carbons (Fsp3) is 0.318. The highest BCUT2D eigenvalue weighted by atomic mass is 32.2. The minimum absolute atomic E-state index is 0.0771. The summed E-state index contributed by atoms with van der Waals surface area (Å²) in [5.41, 5.74) is -2.98. The highest BCUT2D eigenvalue weighted by molar-refractivity contribution is 7.90. The Balaban J connectivity index is 1.44. The standard InChI is InChI=1S/C22H22F3N7O4S/c1-3-18-19(31-12-16(14(2)33)11-27-21(31)29-18)20(34)26-10-15-4-6-17(7-5-15)32-9-8-30(13-28-32)37(35,36)22(23,24)25/h4-7,11-13H,3,8-10H2,1-2H3,(H,26,34). The molecule has 1 aliphatic heterocycles. The number of fused-ring (bicyclic) bond motifs is 1. The molecule has 0 fully saturated rings. The van der Waals surface area contributed by atoms with Crippen LogP contribution in [0.5, 0.6) is 0 Å². The zero-order valence-corrected chi connectivity index (χ0v) is 20.5. The summed E-state index contributed by atoms with van der Waals surface area (Å²) in [7, 11) is -5.48. The van der Waals surface area contributed by atoms with E-state index >= 15 is 0 Å². The first-order valence-electron chi connectivity index (χ1n) is 11.1. The van der Waals surface area contributed by atoms with E-state index in [-0.39, 0.29) is 28.9 Å². The van der Waals surface area contributed by atoms with Crippen molar-refractivity contribution >= 4 is 39.5 Å². The Bertz CT molecular complexity index is 1480. The van der Waals surface area contributed by atoms with Crippen LogP contribution < -0.4 is 10.3 Å². The van der Waals surface area contributed by atoms with Gasteiger partial charge in [-0.05, 0) is 31.0 Å². The Labute approximate surface area is 209 Å². The van der Waals surface area contributed by atoms with Crippen LogP contribution in [0.4, 0.5) is 18.9 Å². The van der Waals surface area contributed by atoms with Crippen LogP contribution in [0.1, 0.15) is 46.0 Å². The molecule has 3 aromatic rings. The van der Waals surface area contributed by atoms with Crippen LogP contribution in [-0.2, 0) is 23.0 Å². The highest BCUT2D eigenvalue weighted by Crippen LogP contribution is 2.27. The summed E-state index contributed by atoms with van der Waals surface area (Å²) in [6.45, 7) is 2.93. The van der Waals surface area contributed by atoms with Crippen LogP contribution >= 0.6 is 0 Å². The number of carbonyl (C=O) groups excluding carboxylic acids is 2. The zero-order chi connectivity index (χ0) is 27.0. The molecule has 1 N–H and O–H groups in total. The van der Waals surface area contributed by atoms with E-state index in [1.807, 2.05) is 6.92 Å². The van der Waals surface area contributed by atoms with Crippen LogP contribution in [-0.4, -0.2) is 63.7 Å². The number of hydrogen-bond acceptors (Lipinski definition) is 8. The number of hydrogen-bond donors (Lipinski definition) is 1. The number of carbonyl (C=O) groups is 2. The van der Waals surface area contributed by atoms with Gasteiger partial charge in [-0.3, -0.25) is 19.0 Å². The van der Waals surface area contributed by atoms with Gasteiger partial charge in [0.1, 0.15) is 12.0 Å². The topological polar surface area (TPSA) is 129 Å². The molecule has 0 unspecified atom stereocenters. The largest absolute Gasteiger partial charge is 0.516 e. The van der Waals surface area contributed by atoms with E-state index in [4.69, 9.17) is 0 Å². The van der Waals surface area contributed by atoms with Crippen molar-refractivity contribution in [2.45, 2.75) is 32.3 Å². The molecule has 2 aromatic heterocycles. The first-order valence-corrected chi connectivity index (χ1v) is 12.5. The predicted molar refractivity (Wildman–Crippen MR) is 128 cm³/mol. The Morgan fingerprint density at radius 1 is 1.14 bits per heavy atom. The van der Waals surface area contributed by atoms with E-state index in [0.717, 1.165) is 5.56 Å². The quantitative estimate of drug-likeness (QED) is 0.458. The second-order valence-electron chi connectivity index (χ2n) is 8.09. The van der Waals surface area contributed by atoms with E-state index in [1.165, 1.54) is 28.7 Å². The highest BCUT2D eigenvalue weighted by Gasteiger charge is 2.50. The Kier molecular flexibility index (Phi) is 6.90. The summed E-state index contributed by atoms with van der Waals surface area (Å²) in [6, 6.07) is 6.71. The molecule has 37 heavy (non-hydrogen) atoms. The molecule has 0 spiro atoms. The number of Topliss-reactive ketones (excluding diaryl/α,β-unsaturated/α-hetero) is 1. The average molecular weight is 538 g/mol. The molecule has 11 nitrogen and oxygen atoms in total. The lowest BCUT2D eigenvalue weighted by atomic mass is 10.2. The monoisotopic (exact) mass is 537 g/mol. The first kappa shape index (κ1) is 26.1. The molecule has 15 heteroatoms. The number of hydrazone groups is 1. The minimum atomic E-state index is -5.48. The van der Waals surface area contributed by atoms with E-state index < -0.39 is 28.0 Å². The zero-order valence-electron chi connectivity index (χ0n) is 19.7. The fourth-order valence-corrected chi connectivity index (χ4v) is 4.39. The van der Waals surface area contributed by atoms with Crippen molar-refractivity contribution < 1.29 is 31.2 Å². The van der Waals surface area contributed by atoms with Gasteiger partial charge in [-0.2, -0.15) is 26.7 Å². The summed E-state index contributed by atoms with van der Waals surface area (Å²) in [6.07, 6.45) is 4.05. The summed E-state index contributed by atoms with van der Waals surface area (Å²) < 4.78 is 62.8. The van der Waals surface area contributed by atoms with Crippen molar-refractivity contribution in [3.05, 3.63) is 59.2 Å². The van der Waals surface area contributed by atoms with Crippen LogP contribution in [0.15, 0.2) is 41.8 Å². The van der Waals surface area contributed by atoms with Crippen LogP contribution in [0.3, 0.4) is 0 Å². The molecule has 4 rings (SSSR count). The molecule has 1 aromatic carbocycles. The third kappa shape index (κ3) is 5.12. The number of aromatic nitrogens is 3. The van der Waals surface area contributed by atoms with E-state index in [0.29, 0.717) is 35.5 Å². The second kappa shape index (κ2) is 9.80. The number of ketones is 1. The van der Waals surface area contributed by atoms with Crippen molar-refractivity contribution in [3.63, 3.8) is 0 Å². The van der Waals surface area contributed by atoms with Gasteiger partial charge in [0.25, 0.3) is 5.91 Å². The molecular weight excluding hydrogens is 515 g/mol. The van der Waals surface area contributed by atoms with E-state index in [9.17, 15) is 31.2 Å². The number of benzene rings is 1. The second-order valence-corrected chi connectivity index (χ2v) is 9.98. The molecule has 0 radical (unpaired) electrons. The predicted octanol–water partition coefficient (Wildman–Crippen LogP) is 2.34. The van der Waals surface area contributed by atoms with Gasteiger partial charge in [-0.1, -0.05) is 19.1 Å². The Morgan fingerprint density at radius 2 is 1.84 bits per heavy atom. The van der Waals surface area contributed by atoms with Crippen molar-refractivity contribution in [1.82, 2.24) is 24.0 Å². The fourth-order valence-electron chi connectivity index (χ4n) is 3.64. The number of amides is 1. The molecule has 1 amide bonds. The average Bonchev–Trinajstić information content (AvgIpc) is 3.25. The van der Waals surface area contributed by atoms with Crippen LogP contribution in [0.2, 0.25) is 0 Å². The third-order valence-electron chi connectivity index (χ3n) is 5.65. The number of nitrogens with one attached hydrogen (secondary N) is 1. The number of nitrogens with zero attached hydrogens (tertiary/aromatic N) is 6. The van der Waals surface area contributed by atoms with Gasteiger partial charge < -0.3 is 5.32 Å². The van der Waals surface area contributed by atoms with Crippen molar-refractivity contribution in [2.75, 3.05) is 18.1 Å². The third-order valence-corrected chi connectivity index (χ3v) is 7.13. The molecule has 0 saturated carbocycles. The summed E-state index contributed by atoms with van der Waals surface area (Å²) in [5, 5.41) is 8.00. The van der Waals surface area contributed by atoms with E-state index in [2.05, 4.69) is 20.4 Å². The van der Waals surface area contributed by atoms with Gasteiger partial charge in [0.05, 0.1) is 30.0 Å². The number of anilines is 1. The number of rotatable bonds is 7. The number of halogens is 3. The number of sulfonamides is 1. The Hall–Kier alpha value is -4.01. The number of aryl methyl sites for hydroxylation is 1. The van der Waals surface area contributed by atoms with E-state index in [1.54, 1.807) is 24.3 Å². The van der Waals surface area contributed by atoms with Gasteiger partial charge >= 0.3 is 15.5 Å². The summed E-state index contributed by atoms with van der Waals surface area (Å²) >= 11 is 0. The normalized spacial score (nSPS) is 14.3. The molecule has 0 aliphatic carbocycles. The van der Waals surface area contributed by atoms with Crippen LogP contribution in [0.25, 0.3) is 5.78 Å². The number of alkyl halides is 3. The lowest BCUT2D eigenvalue weighted by Crippen LogP contribution is -2.46. The van der Waals surface area contributed by atoms with Crippen molar-refractivity contribution in [1.29, 1.82) is 0 Å². The lowest BCUT2D eigenvalue weighted by molar-refractivity contribution is -0.0471. The first-order chi connectivity index (χ1) is 17.4. The van der Waals surface area contributed by atoms with Crippen molar-refractivity contribution in [2.24, 2.45) is 5.10 Å². The maximum Gasteiger partial charge on any atom is 0.516 e. The smallest absolute Gasteiger partial charge is 0.347 e. The van der Waals surface area contributed by atoms with Gasteiger partial charge in [-0.25, -0.2) is 14.3 Å². The Morgan fingerprint density at radius 3 is 2.41 bits per heavy atom. The molecule has 196 valence electrons. The summed E-state index contributed by atoms with van der Waals surface area (Å²) in [5.74, 6) is -0.289. The van der Waals surface area contributed by atoms with Crippen molar-refractivity contribution in [3.8, 4) is 0 Å². The maximum atomic E-state index is 13.0. The SMILES string of the molecule is CCc1nc2ncc(C(C)=O)cn2c1C(=O)NCc1ccc(N2CCN(S(=O)(=O)C(F)(F)F)C=N2)cc1. The molecular formula is C22H22F3N7O4S. The minimum Gasteiger partial charge on any atom is -0.347 e. The molecule has 0 saturated heterocycles. The van der Waals surface area contributed by atoms with Gasteiger partial charge in [0, 0.05) is 18.9 Å². The van der Waals surface area contributed by atoms with Gasteiger partial charge in [0.15, 0.2) is 5.78 Å². The van der Waals surface area contributed by atoms with Gasteiger partial charge in [-0.15, -0.1) is 0 Å². The summed E-state index contributed by atoms with van der Waals surface area (Å²) in [4.78, 5) is 33.3. The molecule has 0 atom stereocenters. The lowest BCUT2D eigenvalue weighted by Gasteiger charge is -2.29. The molecule has 3 heterocycles. The molecule has 0 bridgehead atoms. The van der Waals surface area contributed by atoms with Crippen LogP contribution in [0, 0.1) is 0 Å². The van der Waals surface area contributed by atoms with Gasteiger partial charge in [0.2, 0.25) is 5.78 Å². The molecule has 1 aliphatic rings. The maximum absolute atomic E-state index is 13.0.